The molecule has 1 unspecified atom stereocenters. The lowest BCUT2D eigenvalue weighted by molar-refractivity contribution is 0.216. The first-order valence-corrected chi connectivity index (χ1v) is 6.45. The first-order chi connectivity index (χ1) is 9.81. The van der Waals surface area contributed by atoms with E-state index in [1.807, 2.05) is 48.5 Å². The van der Waals surface area contributed by atoms with E-state index in [1.165, 1.54) is 0 Å². The van der Waals surface area contributed by atoms with Crippen LogP contribution in [0.1, 0.15) is 17.2 Å². The fraction of sp³-hybridized carbons (Fsp3) is 0.118. The number of benzene rings is 2. The van der Waals surface area contributed by atoms with Gasteiger partial charge in [-0.2, -0.15) is 0 Å². The van der Waals surface area contributed by atoms with Crippen LogP contribution in [0.3, 0.4) is 0 Å². The minimum Gasteiger partial charge on any atom is -0.496 e. The number of ether oxygens (including phenoxy) is 1. The van der Waals surface area contributed by atoms with E-state index >= 15 is 0 Å². The van der Waals surface area contributed by atoms with Crippen molar-refractivity contribution in [2.75, 3.05) is 7.11 Å². The lowest BCUT2D eigenvalue weighted by atomic mass is 9.96. The summed E-state index contributed by atoms with van der Waals surface area (Å²) in [5, 5.41) is 12.7. The van der Waals surface area contributed by atoms with Crippen LogP contribution >= 0.6 is 0 Å². The molecule has 3 heteroatoms. The van der Waals surface area contributed by atoms with E-state index in [1.54, 1.807) is 19.5 Å². The van der Waals surface area contributed by atoms with Crippen LogP contribution in [0.25, 0.3) is 10.8 Å². The van der Waals surface area contributed by atoms with E-state index in [9.17, 15) is 5.11 Å². The minimum atomic E-state index is -0.737. The number of para-hydroxylation sites is 1. The molecule has 0 aliphatic rings. The number of aromatic nitrogens is 1. The summed E-state index contributed by atoms with van der Waals surface area (Å²) in [5.41, 5.74) is 1.59. The third-order valence-corrected chi connectivity index (χ3v) is 3.45. The molecule has 0 fully saturated rings. The topological polar surface area (TPSA) is 42.4 Å². The molecule has 0 bridgehead atoms. The van der Waals surface area contributed by atoms with Gasteiger partial charge in [0.2, 0.25) is 0 Å². The van der Waals surface area contributed by atoms with Gasteiger partial charge in [-0.3, -0.25) is 4.98 Å². The predicted molar refractivity (Wildman–Crippen MR) is 78.8 cm³/mol. The molecule has 0 amide bonds. The smallest absolute Gasteiger partial charge is 0.125 e. The summed E-state index contributed by atoms with van der Waals surface area (Å²) in [6, 6.07) is 15.3. The van der Waals surface area contributed by atoms with Gasteiger partial charge in [0, 0.05) is 23.3 Å². The standard InChI is InChI=1S/C17H15NO2/c1-20-16-8-3-2-6-14(16)17(19)13-7-4-5-12-9-10-18-11-15(12)13/h2-11,17,19H,1H3. The van der Waals surface area contributed by atoms with Gasteiger partial charge in [-0.25, -0.2) is 0 Å². The fourth-order valence-electron chi connectivity index (χ4n) is 2.44. The number of aliphatic hydroxyl groups excluding tert-OH is 1. The quantitative estimate of drug-likeness (QED) is 0.790. The lowest BCUT2D eigenvalue weighted by Gasteiger charge is -2.16. The fourth-order valence-corrected chi connectivity index (χ4v) is 2.44. The van der Waals surface area contributed by atoms with Crippen LogP contribution in [0.4, 0.5) is 0 Å². The molecule has 1 N–H and O–H groups in total. The predicted octanol–water partition coefficient (Wildman–Crippen LogP) is 3.33. The van der Waals surface area contributed by atoms with Gasteiger partial charge in [-0.15, -0.1) is 0 Å². The van der Waals surface area contributed by atoms with Gasteiger partial charge >= 0.3 is 0 Å². The molecule has 2 aromatic carbocycles. The van der Waals surface area contributed by atoms with Crippen molar-refractivity contribution in [3.05, 3.63) is 72.1 Å². The first-order valence-electron chi connectivity index (χ1n) is 6.45. The van der Waals surface area contributed by atoms with Crippen LogP contribution in [-0.2, 0) is 0 Å². The molecule has 20 heavy (non-hydrogen) atoms. The second-order valence-corrected chi connectivity index (χ2v) is 4.59. The first kappa shape index (κ1) is 12.6. The van der Waals surface area contributed by atoms with E-state index in [0.717, 1.165) is 21.9 Å². The average Bonchev–Trinajstić information content (AvgIpc) is 2.53. The number of rotatable bonds is 3. The molecule has 0 aliphatic carbocycles. The van der Waals surface area contributed by atoms with Crippen molar-refractivity contribution in [2.45, 2.75) is 6.10 Å². The zero-order chi connectivity index (χ0) is 13.9. The number of aliphatic hydroxyl groups is 1. The number of methoxy groups -OCH3 is 1. The van der Waals surface area contributed by atoms with Gasteiger partial charge in [-0.1, -0.05) is 36.4 Å². The third kappa shape index (κ3) is 2.12. The zero-order valence-corrected chi connectivity index (χ0v) is 11.2. The SMILES string of the molecule is COc1ccccc1C(O)c1cccc2ccncc12. The van der Waals surface area contributed by atoms with E-state index in [-0.39, 0.29) is 0 Å². The summed E-state index contributed by atoms with van der Waals surface area (Å²) in [7, 11) is 1.61. The Kier molecular flexibility index (Phi) is 3.35. The normalized spacial score (nSPS) is 12.3. The molecule has 1 aromatic heterocycles. The van der Waals surface area contributed by atoms with Crippen LogP contribution in [0, 0.1) is 0 Å². The van der Waals surface area contributed by atoms with E-state index in [0.29, 0.717) is 5.75 Å². The molecule has 3 rings (SSSR count). The van der Waals surface area contributed by atoms with Crippen LogP contribution in [0.5, 0.6) is 5.75 Å². The Hall–Kier alpha value is -2.39. The Balaban J connectivity index is 2.15. The molecule has 0 saturated heterocycles. The number of hydrogen-bond donors (Lipinski definition) is 1. The van der Waals surface area contributed by atoms with Gasteiger partial charge in [-0.05, 0) is 23.1 Å². The molecule has 0 saturated carbocycles. The van der Waals surface area contributed by atoms with E-state index < -0.39 is 6.10 Å². The maximum atomic E-state index is 10.7. The average molecular weight is 265 g/mol. The zero-order valence-electron chi connectivity index (χ0n) is 11.2. The molecule has 100 valence electrons. The highest BCUT2D eigenvalue weighted by molar-refractivity contribution is 5.85. The van der Waals surface area contributed by atoms with Crippen molar-refractivity contribution < 1.29 is 9.84 Å². The number of pyridine rings is 1. The molecular formula is C17H15NO2. The summed E-state index contributed by atoms with van der Waals surface area (Å²) in [6.07, 6.45) is 2.80. The second-order valence-electron chi connectivity index (χ2n) is 4.59. The number of hydrogen-bond acceptors (Lipinski definition) is 3. The van der Waals surface area contributed by atoms with Gasteiger partial charge in [0.15, 0.2) is 0 Å². The van der Waals surface area contributed by atoms with Crippen molar-refractivity contribution >= 4 is 10.8 Å². The number of fused-ring (bicyclic) bond motifs is 1. The van der Waals surface area contributed by atoms with Crippen LogP contribution in [-0.4, -0.2) is 17.2 Å². The van der Waals surface area contributed by atoms with Crippen molar-refractivity contribution in [3.8, 4) is 5.75 Å². The maximum Gasteiger partial charge on any atom is 0.125 e. The van der Waals surface area contributed by atoms with Crippen molar-refractivity contribution in [1.29, 1.82) is 0 Å². The molecule has 0 spiro atoms. The Bertz CT molecular complexity index is 734. The van der Waals surface area contributed by atoms with E-state index in [4.69, 9.17) is 4.74 Å². The largest absolute Gasteiger partial charge is 0.496 e. The van der Waals surface area contributed by atoms with Gasteiger partial charge in [0.1, 0.15) is 11.9 Å². The summed E-state index contributed by atoms with van der Waals surface area (Å²) >= 11 is 0. The molecule has 0 radical (unpaired) electrons. The molecular weight excluding hydrogens is 250 g/mol. The maximum absolute atomic E-state index is 10.7. The number of nitrogens with zero attached hydrogens (tertiary/aromatic N) is 1. The summed E-state index contributed by atoms with van der Waals surface area (Å²) < 4.78 is 5.32. The van der Waals surface area contributed by atoms with Crippen molar-refractivity contribution in [2.24, 2.45) is 0 Å². The Labute approximate surface area is 117 Å². The molecule has 3 nitrogen and oxygen atoms in total. The Morgan fingerprint density at radius 1 is 1.00 bits per heavy atom. The van der Waals surface area contributed by atoms with Crippen molar-refractivity contribution in [1.82, 2.24) is 4.98 Å². The second kappa shape index (κ2) is 5.31. The van der Waals surface area contributed by atoms with Crippen LogP contribution in [0.2, 0.25) is 0 Å². The third-order valence-electron chi connectivity index (χ3n) is 3.45. The van der Waals surface area contributed by atoms with Crippen LogP contribution in [0.15, 0.2) is 60.9 Å². The van der Waals surface area contributed by atoms with E-state index in [2.05, 4.69) is 4.98 Å². The molecule has 1 heterocycles. The molecule has 0 aliphatic heterocycles. The molecule has 1 atom stereocenters. The van der Waals surface area contributed by atoms with Gasteiger partial charge < -0.3 is 9.84 Å². The Morgan fingerprint density at radius 2 is 1.80 bits per heavy atom. The highest BCUT2D eigenvalue weighted by Gasteiger charge is 2.17. The monoisotopic (exact) mass is 265 g/mol. The lowest BCUT2D eigenvalue weighted by Crippen LogP contribution is -2.03. The summed E-state index contributed by atoms with van der Waals surface area (Å²) in [4.78, 5) is 4.15. The van der Waals surface area contributed by atoms with Gasteiger partial charge in [0.05, 0.1) is 7.11 Å². The highest BCUT2D eigenvalue weighted by atomic mass is 16.5. The van der Waals surface area contributed by atoms with Crippen molar-refractivity contribution in [3.63, 3.8) is 0 Å². The summed E-state index contributed by atoms with van der Waals surface area (Å²) in [6.45, 7) is 0. The van der Waals surface area contributed by atoms with Crippen LogP contribution < -0.4 is 4.74 Å². The van der Waals surface area contributed by atoms with Gasteiger partial charge in [0.25, 0.3) is 0 Å². The highest BCUT2D eigenvalue weighted by Crippen LogP contribution is 2.33. The molecule has 3 aromatic rings. The summed E-state index contributed by atoms with van der Waals surface area (Å²) in [5.74, 6) is 0.681. The minimum absolute atomic E-state index is 0.681. The Morgan fingerprint density at radius 3 is 2.65 bits per heavy atom.